The minimum Gasteiger partial charge on any atom is -0.368 e. The quantitative estimate of drug-likeness (QED) is 0.618. The molecule has 0 fully saturated rings. The molecule has 1 aromatic heterocycles. The summed E-state index contributed by atoms with van der Waals surface area (Å²) in [5.74, 6) is 0. The minimum atomic E-state index is 0.380. The lowest BCUT2D eigenvalue weighted by molar-refractivity contribution is 0.471. The van der Waals surface area contributed by atoms with Gasteiger partial charge in [0.15, 0.2) is 0 Å². The lowest BCUT2D eigenvalue weighted by atomic mass is 10.4. The molecule has 1 aromatic rings. The van der Waals surface area contributed by atoms with Gasteiger partial charge in [-0.2, -0.15) is 0 Å². The fourth-order valence-corrected chi connectivity index (χ4v) is 1.98. The van der Waals surface area contributed by atoms with Crippen molar-refractivity contribution >= 4 is 17.6 Å². The average Bonchev–Trinajstić information content (AvgIpc) is 2.07. The molecule has 0 aliphatic carbocycles. The Morgan fingerprint density at radius 3 is 3.33 bits per heavy atom. The van der Waals surface area contributed by atoms with Gasteiger partial charge in [-0.05, 0) is 32.0 Å². The zero-order valence-corrected chi connectivity index (χ0v) is 7.93. The van der Waals surface area contributed by atoms with Crippen LogP contribution in [0.4, 0.5) is 5.69 Å². The van der Waals surface area contributed by atoms with E-state index in [2.05, 4.69) is 28.6 Å². The topological polar surface area (TPSA) is 28.2 Å². The van der Waals surface area contributed by atoms with Crippen LogP contribution in [0.2, 0.25) is 0 Å². The Balaban J connectivity index is 2.34. The smallest absolute Gasteiger partial charge is 0.0860 e. The van der Waals surface area contributed by atoms with Gasteiger partial charge in [0.25, 0.3) is 0 Å². The van der Waals surface area contributed by atoms with Crippen LogP contribution < -0.4 is 5.32 Å². The van der Waals surface area contributed by atoms with Gasteiger partial charge in [0.2, 0.25) is 0 Å². The summed E-state index contributed by atoms with van der Waals surface area (Å²) in [7, 11) is 2.07. The van der Waals surface area contributed by atoms with Crippen molar-refractivity contribution in [2.24, 2.45) is 0 Å². The third-order valence-electron chi connectivity index (χ3n) is 1.94. The highest BCUT2D eigenvalue weighted by atomic mass is 32.2. The number of hydrogen-bond donors (Lipinski definition) is 1. The summed E-state index contributed by atoms with van der Waals surface area (Å²) in [4.78, 5) is 5.26. The van der Waals surface area contributed by atoms with Crippen molar-refractivity contribution in [1.29, 1.82) is 0 Å². The number of aromatic nitrogens is 1. The van der Waals surface area contributed by atoms with Crippen molar-refractivity contribution < 1.29 is 0 Å². The van der Waals surface area contributed by atoms with Gasteiger partial charge in [-0.3, -0.25) is 4.98 Å². The molecule has 1 unspecified atom stereocenters. The predicted octanol–water partition coefficient (Wildman–Crippen LogP) is 1.79. The third-order valence-corrected chi connectivity index (χ3v) is 3.06. The van der Waals surface area contributed by atoms with Gasteiger partial charge in [-0.25, -0.2) is 4.31 Å². The maximum atomic E-state index is 4.07. The first kappa shape index (κ1) is 7.89. The number of nitrogens with one attached hydrogen (secondary N) is 1. The first-order chi connectivity index (χ1) is 5.77. The van der Waals surface area contributed by atoms with Crippen molar-refractivity contribution in [3.05, 3.63) is 18.5 Å². The van der Waals surface area contributed by atoms with Crippen LogP contribution in [0.5, 0.6) is 0 Å². The monoisotopic (exact) mass is 181 g/mol. The fourth-order valence-electron chi connectivity index (χ4n) is 1.12. The van der Waals surface area contributed by atoms with E-state index < -0.39 is 0 Å². The summed E-state index contributed by atoms with van der Waals surface area (Å²) in [6.45, 7) is 2.14. The van der Waals surface area contributed by atoms with Gasteiger partial charge in [-0.1, -0.05) is 0 Å². The first-order valence-corrected chi connectivity index (χ1v) is 4.66. The number of anilines is 1. The molecule has 64 valence electrons. The van der Waals surface area contributed by atoms with Gasteiger partial charge in [-0.15, -0.1) is 0 Å². The van der Waals surface area contributed by atoms with Gasteiger partial charge >= 0.3 is 0 Å². The lowest BCUT2D eigenvalue weighted by Crippen LogP contribution is -2.33. The van der Waals surface area contributed by atoms with E-state index in [1.54, 1.807) is 11.9 Å². The van der Waals surface area contributed by atoms with E-state index in [0.717, 1.165) is 0 Å². The minimum absolute atomic E-state index is 0.380. The highest BCUT2D eigenvalue weighted by molar-refractivity contribution is 7.97. The fraction of sp³-hybridized carbons (Fsp3) is 0.375. The molecule has 1 atom stereocenters. The normalized spacial score (nSPS) is 23.0. The van der Waals surface area contributed by atoms with Gasteiger partial charge < -0.3 is 5.32 Å². The Morgan fingerprint density at radius 1 is 1.67 bits per heavy atom. The molecule has 1 N–H and O–H groups in total. The Morgan fingerprint density at radius 2 is 2.50 bits per heavy atom. The van der Waals surface area contributed by atoms with Crippen LogP contribution in [0.25, 0.3) is 0 Å². The van der Waals surface area contributed by atoms with E-state index in [4.69, 9.17) is 0 Å². The molecular weight excluding hydrogens is 170 g/mol. The van der Waals surface area contributed by atoms with Crippen molar-refractivity contribution in [1.82, 2.24) is 9.29 Å². The standard InChI is InChI=1S/C8H11N3S/c1-6-10-7-3-4-9-5-8(7)12-11(6)2/h3-6,10H,1-2H3. The summed E-state index contributed by atoms with van der Waals surface area (Å²) in [6.07, 6.45) is 4.07. The van der Waals surface area contributed by atoms with Crippen LogP contribution in [0.3, 0.4) is 0 Å². The molecule has 0 amide bonds. The van der Waals surface area contributed by atoms with Gasteiger partial charge in [0, 0.05) is 12.4 Å². The second-order valence-corrected chi connectivity index (χ2v) is 4.03. The highest BCUT2D eigenvalue weighted by Gasteiger charge is 2.18. The first-order valence-electron chi connectivity index (χ1n) is 3.89. The molecule has 0 spiro atoms. The maximum Gasteiger partial charge on any atom is 0.0860 e. The zero-order chi connectivity index (χ0) is 8.55. The Hall–Kier alpha value is -0.740. The van der Waals surface area contributed by atoms with E-state index in [9.17, 15) is 0 Å². The van der Waals surface area contributed by atoms with Crippen LogP contribution in [0.15, 0.2) is 23.4 Å². The molecule has 12 heavy (non-hydrogen) atoms. The number of rotatable bonds is 0. The second kappa shape index (κ2) is 2.95. The van der Waals surface area contributed by atoms with Gasteiger partial charge in [0.05, 0.1) is 16.7 Å². The molecule has 1 aliphatic rings. The molecule has 3 nitrogen and oxygen atoms in total. The molecule has 0 saturated heterocycles. The second-order valence-electron chi connectivity index (χ2n) is 2.83. The van der Waals surface area contributed by atoms with E-state index in [1.807, 2.05) is 18.5 Å². The molecule has 0 radical (unpaired) electrons. The largest absolute Gasteiger partial charge is 0.368 e. The average molecular weight is 181 g/mol. The SMILES string of the molecule is CC1Nc2ccncc2SN1C. The van der Waals surface area contributed by atoms with E-state index in [0.29, 0.717) is 6.17 Å². The predicted molar refractivity (Wildman–Crippen MR) is 50.9 cm³/mol. The molecule has 0 aromatic carbocycles. The van der Waals surface area contributed by atoms with E-state index in [-0.39, 0.29) is 0 Å². The third kappa shape index (κ3) is 1.28. The van der Waals surface area contributed by atoms with E-state index >= 15 is 0 Å². The highest BCUT2D eigenvalue weighted by Crippen LogP contribution is 2.34. The van der Waals surface area contributed by atoms with Crippen molar-refractivity contribution in [2.75, 3.05) is 12.4 Å². The van der Waals surface area contributed by atoms with Crippen molar-refractivity contribution in [2.45, 2.75) is 18.0 Å². The summed E-state index contributed by atoms with van der Waals surface area (Å²) in [6, 6.07) is 2.01. The lowest BCUT2D eigenvalue weighted by Gasteiger charge is -2.31. The van der Waals surface area contributed by atoms with Crippen molar-refractivity contribution in [3.63, 3.8) is 0 Å². The number of pyridine rings is 1. The number of hydrogen-bond acceptors (Lipinski definition) is 4. The number of nitrogens with zero attached hydrogens (tertiary/aromatic N) is 2. The summed E-state index contributed by atoms with van der Waals surface area (Å²) < 4.78 is 2.17. The van der Waals surface area contributed by atoms with Crippen molar-refractivity contribution in [3.8, 4) is 0 Å². The van der Waals surface area contributed by atoms with Crippen LogP contribution in [0.1, 0.15) is 6.92 Å². The zero-order valence-electron chi connectivity index (χ0n) is 7.11. The van der Waals surface area contributed by atoms with Gasteiger partial charge in [0.1, 0.15) is 0 Å². The molecule has 4 heteroatoms. The Bertz CT molecular complexity index is 260. The summed E-state index contributed by atoms with van der Waals surface area (Å²) in [5.41, 5.74) is 1.18. The van der Waals surface area contributed by atoms with Crippen LogP contribution in [0, 0.1) is 0 Å². The molecular formula is C8H11N3S. The molecule has 1 aliphatic heterocycles. The molecule has 0 bridgehead atoms. The molecule has 2 heterocycles. The van der Waals surface area contributed by atoms with E-state index in [1.165, 1.54) is 10.6 Å². The molecule has 0 saturated carbocycles. The van der Waals surface area contributed by atoms with Crippen LogP contribution >= 0.6 is 11.9 Å². The maximum absolute atomic E-state index is 4.07. The Kier molecular flexibility index (Phi) is 1.94. The number of fused-ring (bicyclic) bond motifs is 1. The Labute approximate surface area is 76.3 Å². The van der Waals surface area contributed by atoms with Crippen LogP contribution in [-0.2, 0) is 0 Å². The molecule has 2 rings (SSSR count). The van der Waals surface area contributed by atoms with Crippen LogP contribution in [-0.4, -0.2) is 22.5 Å². The summed E-state index contributed by atoms with van der Waals surface area (Å²) >= 11 is 1.73. The summed E-state index contributed by atoms with van der Waals surface area (Å²) in [5, 5.41) is 3.37.